The summed E-state index contributed by atoms with van der Waals surface area (Å²) < 4.78 is 13.0. The quantitative estimate of drug-likeness (QED) is 0.602. The van der Waals surface area contributed by atoms with Crippen molar-refractivity contribution in [3.8, 4) is 0 Å². The van der Waals surface area contributed by atoms with Gasteiger partial charge in [0.2, 0.25) is 5.01 Å². The number of benzene rings is 2. The second-order valence-corrected chi connectivity index (χ2v) is 8.85. The van der Waals surface area contributed by atoms with Crippen molar-refractivity contribution in [3.05, 3.63) is 75.5 Å². The van der Waals surface area contributed by atoms with Crippen LogP contribution in [0.5, 0.6) is 0 Å². The number of halogens is 1. The SMILES string of the molecule is Cc1ccc(CNC(=O)N2CCC[C@H](c3nnc(C(=O)Nc4ccc(F)cc4)s3)C2)cc1. The monoisotopic (exact) mass is 453 g/mol. The molecule has 4 rings (SSSR count). The molecular formula is C23H24FN5O2S. The van der Waals surface area contributed by atoms with E-state index in [-0.39, 0.29) is 28.7 Å². The number of anilines is 1. The normalized spacial score (nSPS) is 15.9. The highest BCUT2D eigenvalue weighted by Gasteiger charge is 2.28. The number of piperidine rings is 1. The van der Waals surface area contributed by atoms with Gasteiger partial charge in [-0.1, -0.05) is 41.2 Å². The molecule has 1 aliphatic heterocycles. The fourth-order valence-electron chi connectivity index (χ4n) is 3.57. The molecule has 7 nitrogen and oxygen atoms in total. The van der Waals surface area contributed by atoms with Gasteiger partial charge in [0.15, 0.2) is 0 Å². The fraction of sp³-hybridized carbons (Fsp3) is 0.304. The molecule has 0 aliphatic carbocycles. The van der Waals surface area contributed by atoms with Gasteiger partial charge in [-0.3, -0.25) is 4.79 Å². The number of rotatable bonds is 5. The van der Waals surface area contributed by atoms with Crippen LogP contribution in [0.2, 0.25) is 0 Å². The molecule has 1 aliphatic rings. The molecule has 32 heavy (non-hydrogen) atoms. The topological polar surface area (TPSA) is 87.2 Å². The molecule has 0 unspecified atom stereocenters. The van der Waals surface area contributed by atoms with Gasteiger partial charge in [-0.05, 0) is 49.6 Å². The van der Waals surface area contributed by atoms with E-state index < -0.39 is 0 Å². The van der Waals surface area contributed by atoms with Crippen LogP contribution in [0.3, 0.4) is 0 Å². The Morgan fingerprint density at radius 3 is 2.62 bits per heavy atom. The Bertz CT molecular complexity index is 1080. The summed E-state index contributed by atoms with van der Waals surface area (Å²) in [5.41, 5.74) is 2.72. The lowest BCUT2D eigenvalue weighted by Crippen LogP contribution is -2.44. The number of urea groups is 1. The van der Waals surface area contributed by atoms with Gasteiger partial charge in [-0.2, -0.15) is 0 Å². The van der Waals surface area contributed by atoms with E-state index in [1.807, 2.05) is 31.2 Å². The predicted molar refractivity (Wildman–Crippen MR) is 121 cm³/mol. The molecule has 1 saturated heterocycles. The fourth-order valence-corrected chi connectivity index (χ4v) is 4.43. The van der Waals surface area contributed by atoms with Crippen LogP contribution < -0.4 is 10.6 Å². The molecular weight excluding hydrogens is 429 g/mol. The lowest BCUT2D eigenvalue weighted by molar-refractivity contribution is 0.102. The van der Waals surface area contributed by atoms with Gasteiger partial charge in [-0.25, -0.2) is 9.18 Å². The van der Waals surface area contributed by atoms with Crippen molar-refractivity contribution in [2.24, 2.45) is 0 Å². The zero-order valence-electron chi connectivity index (χ0n) is 17.7. The number of likely N-dealkylation sites (tertiary alicyclic amines) is 1. The Labute approximate surface area is 189 Å². The number of aryl methyl sites for hydroxylation is 1. The first-order chi connectivity index (χ1) is 15.5. The molecule has 9 heteroatoms. The van der Waals surface area contributed by atoms with Gasteiger partial charge in [0, 0.05) is 31.2 Å². The van der Waals surface area contributed by atoms with Gasteiger partial charge in [0.1, 0.15) is 10.8 Å². The molecule has 2 heterocycles. The summed E-state index contributed by atoms with van der Waals surface area (Å²) in [4.78, 5) is 26.9. The molecule has 3 amide bonds. The predicted octanol–water partition coefficient (Wildman–Crippen LogP) is 4.33. The first-order valence-corrected chi connectivity index (χ1v) is 11.3. The van der Waals surface area contributed by atoms with Crippen LogP contribution in [0, 0.1) is 12.7 Å². The molecule has 2 aromatic carbocycles. The summed E-state index contributed by atoms with van der Waals surface area (Å²) in [5, 5.41) is 14.9. The van der Waals surface area contributed by atoms with Crippen LogP contribution in [0.1, 0.15) is 44.7 Å². The molecule has 1 fully saturated rings. The number of aromatic nitrogens is 2. The van der Waals surface area contributed by atoms with Crippen LogP contribution >= 0.6 is 11.3 Å². The Hall–Kier alpha value is -3.33. The van der Waals surface area contributed by atoms with E-state index in [0.29, 0.717) is 25.3 Å². The third-order valence-corrected chi connectivity index (χ3v) is 6.44. The highest BCUT2D eigenvalue weighted by Crippen LogP contribution is 2.29. The summed E-state index contributed by atoms with van der Waals surface area (Å²) in [6.45, 7) is 3.73. The van der Waals surface area contributed by atoms with Gasteiger partial charge >= 0.3 is 6.03 Å². The van der Waals surface area contributed by atoms with Gasteiger partial charge in [0.05, 0.1) is 0 Å². The van der Waals surface area contributed by atoms with Crippen LogP contribution in [0.4, 0.5) is 14.9 Å². The summed E-state index contributed by atoms with van der Waals surface area (Å²) in [6.07, 6.45) is 1.75. The van der Waals surface area contributed by atoms with Crippen molar-refractivity contribution in [1.29, 1.82) is 0 Å². The lowest BCUT2D eigenvalue weighted by Gasteiger charge is -2.31. The molecule has 1 aromatic heterocycles. The van der Waals surface area contributed by atoms with Crippen molar-refractivity contribution >= 4 is 29.0 Å². The Morgan fingerprint density at radius 2 is 1.88 bits per heavy atom. The second kappa shape index (κ2) is 9.86. The first-order valence-electron chi connectivity index (χ1n) is 10.5. The largest absolute Gasteiger partial charge is 0.334 e. The average molecular weight is 454 g/mol. The maximum absolute atomic E-state index is 13.0. The van der Waals surface area contributed by atoms with Gasteiger partial charge < -0.3 is 15.5 Å². The van der Waals surface area contributed by atoms with E-state index in [4.69, 9.17) is 0 Å². The maximum atomic E-state index is 13.0. The van der Waals surface area contributed by atoms with Crippen molar-refractivity contribution in [3.63, 3.8) is 0 Å². The standard InChI is InChI=1S/C23H24FN5O2S/c1-15-4-6-16(7-5-15)13-25-23(31)29-12-2-3-17(14-29)21-27-28-22(32-21)20(30)26-19-10-8-18(24)9-11-19/h4-11,17H,2-3,12-14H2,1H3,(H,25,31)(H,26,30)/t17-/m0/s1. The van der Waals surface area contributed by atoms with E-state index in [9.17, 15) is 14.0 Å². The minimum absolute atomic E-state index is 0.0405. The summed E-state index contributed by atoms with van der Waals surface area (Å²) in [6, 6.07) is 13.5. The summed E-state index contributed by atoms with van der Waals surface area (Å²) in [7, 11) is 0. The highest BCUT2D eigenvalue weighted by molar-refractivity contribution is 7.13. The third kappa shape index (κ3) is 5.47. The number of hydrogen-bond acceptors (Lipinski definition) is 5. The zero-order valence-corrected chi connectivity index (χ0v) is 18.5. The van der Waals surface area contributed by atoms with Crippen molar-refractivity contribution < 1.29 is 14.0 Å². The lowest BCUT2D eigenvalue weighted by atomic mass is 9.99. The van der Waals surface area contributed by atoms with Crippen molar-refractivity contribution in [2.45, 2.75) is 32.2 Å². The molecule has 2 N–H and O–H groups in total. The molecule has 3 aromatic rings. The van der Waals surface area contributed by atoms with Gasteiger partial charge in [0.25, 0.3) is 5.91 Å². The Kier molecular flexibility index (Phi) is 6.75. The van der Waals surface area contributed by atoms with Crippen molar-refractivity contribution in [2.75, 3.05) is 18.4 Å². The zero-order chi connectivity index (χ0) is 22.5. The number of amides is 3. The molecule has 0 spiro atoms. The number of carbonyl (C=O) groups excluding carboxylic acids is 2. The number of hydrogen-bond donors (Lipinski definition) is 2. The van der Waals surface area contributed by atoms with Gasteiger partial charge in [-0.15, -0.1) is 10.2 Å². The average Bonchev–Trinajstić information content (AvgIpc) is 3.31. The molecule has 0 radical (unpaired) electrons. The summed E-state index contributed by atoms with van der Waals surface area (Å²) >= 11 is 1.23. The summed E-state index contributed by atoms with van der Waals surface area (Å²) in [5.74, 6) is -0.714. The molecule has 0 saturated carbocycles. The smallest absolute Gasteiger partial charge is 0.317 e. The number of nitrogens with one attached hydrogen (secondary N) is 2. The van der Waals surface area contributed by atoms with E-state index in [2.05, 4.69) is 20.8 Å². The van der Waals surface area contributed by atoms with E-state index in [0.717, 1.165) is 23.4 Å². The van der Waals surface area contributed by atoms with Crippen LogP contribution in [0.25, 0.3) is 0 Å². The third-order valence-electron chi connectivity index (χ3n) is 5.36. The van der Waals surface area contributed by atoms with E-state index in [1.165, 1.54) is 41.2 Å². The highest BCUT2D eigenvalue weighted by atomic mass is 32.1. The Morgan fingerprint density at radius 1 is 1.12 bits per heavy atom. The number of carbonyl (C=O) groups is 2. The minimum atomic E-state index is -0.385. The first kappa shape index (κ1) is 21.9. The van der Waals surface area contributed by atoms with E-state index >= 15 is 0 Å². The van der Waals surface area contributed by atoms with Crippen LogP contribution in [0.15, 0.2) is 48.5 Å². The molecule has 1 atom stereocenters. The molecule has 0 bridgehead atoms. The van der Waals surface area contributed by atoms with Crippen LogP contribution in [-0.4, -0.2) is 40.1 Å². The maximum Gasteiger partial charge on any atom is 0.317 e. The molecule has 166 valence electrons. The van der Waals surface area contributed by atoms with E-state index in [1.54, 1.807) is 4.90 Å². The van der Waals surface area contributed by atoms with Crippen LogP contribution in [-0.2, 0) is 6.54 Å². The minimum Gasteiger partial charge on any atom is -0.334 e. The van der Waals surface area contributed by atoms with Crippen molar-refractivity contribution in [1.82, 2.24) is 20.4 Å². The Balaban J connectivity index is 1.33. The second-order valence-electron chi connectivity index (χ2n) is 7.84. The number of nitrogens with zero attached hydrogens (tertiary/aromatic N) is 3.